The molecule has 8 nitrogen and oxygen atoms in total. The first-order valence-electron chi connectivity index (χ1n) is 11.4. The van der Waals surface area contributed by atoms with Gasteiger partial charge in [-0.25, -0.2) is 4.98 Å². The van der Waals surface area contributed by atoms with E-state index < -0.39 is 30.8 Å². The molecule has 0 radical (unpaired) electrons. The number of aromatic nitrogens is 1. The Bertz CT molecular complexity index is 1070. The number of rotatable bonds is 5. The number of nitrogens with one attached hydrogen (secondary N) is 1. The number of fused-ring (bicyclic) bond motifs is 1. The maximum Gasteiger partial charge on any atom is 0.522 e. The van der Waals surface area contributed by atoms with Gasteiger partial charge in [0.05, 0.1) is 31.1 Å². The number of hydrogen-bond acceptors (Lipinski definition) is 7. The highest BCUT2D eigenvalue weighted by Gasteiger charge is 2.42. The molecular formula is C23H24ClF3N2O6. The third kappa shape index (κ3) is 5.58. The number of hydrogen-bond donors (Lipinski definition) is 2. The van der Waals surface area contributed by atoms with Gasteiger partial charge in [0, 0.05) is 22.9 Å². The number of carbonyl (C=O) groups is 1. The summed E-state index contributed by atoms with van der Waals surface area (Å²) in [5, 5.41) is 13.8. The van der Waals surface area contributed by atoms with Crippen LogP contribution in [0, 0.1) is 0 Å². The van der Waals surface area contributed by atoms with Crippen LogP contribution in [0.25, 0.3) is 0 Å². The van der Waals surface area contributed by atoms with Crippen LogP contribution in [0.2, 0.25) is 5.02 Å². The molecule has 35 heavy (non-hydrogen) atoms. The van der Waals surface area contributed by atoms with Gasteiger partial charge in [0.2, 0.25) is 5.89 Å². The fourth-order valence-electron chi connectivity index (χ4n) is 4.65. The maximum absolute atomic E-state index is 12.7. The lowest BCUT2D eigenvalue weighted by molar-refractivity contribution is -0.352. The summed E-state index contributed by atoms with van der Waals surface area (Å²) in [4.78, 5) is 17.0. The molecular weight excluding hydrogens is 493 g/mol. The molecule has 1 aliphatic carbocycles. The Labute approximate surface area is 203 Å². The van der Waals surface area contributed by atoms with E-state index in [0.717, 1.165) is 0 Å². The molecule has 2 N–H and O–H groups in total. The van der Waals surface area contributed by atoms with Gasteiger partial charge in [-0.3, -0.25) is 9.53 Å². The summed E-state index contributed by atoms with van der Waals surface area (Å²) in [6, 6.07) is 4.65. The van der Waals surface area contributed by atoms with Crippen LogP contribution in [0.3, 0.4) is 0 Å². The van der Waals surface area contributed by atoms with E-state index in [4.69, 9.17) is 25.5 Å². The molecule has 1 aromatic carbocycles. The third-order valence-corrected chi connectivity index (χ3v) is 6.80. The smallest absolute Gasteiger partial charge is 0.480 e. The van der Waals surface area contributed by atoms with Crippen molar-refractivity contribution in [2.45, 2.75) is 74.8 Å². The molecule has 4 atom stereocenters. The average Bonchev–Trinajstić information content (AvgIpc) is 3.26. The SMILES string of the molecule is O=C(N[C@@H]1CC[C@@H](c2ncc([C@H]3C[C@@H](OC(F)(F)F)C3)o2)OC1)[C@H]1C[C@@H](O)c2cc(Cl)ccc2O1. The van der Waals surface area contributed by atoms with E-state index in [1.165, 1.54) is 6.20 Å². The van der Waals surface area contributed by atoms with E-state index in [-0.39, 0.29) is 43.7 Å². The minimum Gasteiger partial charge on any atom is -0.480 e. The molecule has 2 aromatic rings. The maximum atomic E-state index is 12.7. The van der Waals surface area contributed by atoms with Crippen molar-refractivity contribution in [2.24, 2.45) is 0 Å². The van der Waals surface area contributed by atoms with Crippen LogP contribution in [0.15, 0.2) is 28.8 Å². The number of nitrogens with zero attached hydrogens (tertiary/aromatic N) is 1. The lowest BCUT2D eigenvalue weighted by atomic mass is 9.81. The summed E-state index contributed by atoms with van der Waals surface area (Å²) in [5.41, 5.74) is 0.556. The van der Waals surface area contributed by atoms with E-state index in [1.54, 1.807) is 18.2 Å². The van der Waals surface area contributed by atoms with Gasteiger partial charge < -0.3 is 24.3 Å². The molecule has 1 saturated carbocycles. The molecule has 1 aromatic heterocycles. The first-order valence-corrected chi connectivity index (χ1v) is 11.8. The molecule has 1 amide bonds. The fourth-order valence-corrected chi connectivity index (χ4v) is 4.83. The van der Waals surface area contributed by atoms with Crippen molar-refractivity contribution in [1.82, 2.24) is 10.3 Å². The second-order valence-electron chi connectivity index (χ2n) is 9.10. The third-order valence-electron chi connectivity index (χ3n) is 6.57. The monoisotopic (exact) mass is 516 g/mol. The van der Waals surface area contributed by atoms with Crippen LogP contribution in [-0.2, 0) is 14.3 Å². The normalized spacial score (nSPS) is 30.7. The highest BCUT2D eigenvalue weighted by molar-refractivity contribution is 6.30. The number of halogens is 4. The number of oxazole rings is 1. The van der Waals surface area contributed by atoms with Crippen molar-refractivity contribution in [3.63, 3.8) is 0 Å². The van der Waals surface area contributed by atoms with Crippen molar-refractivity contribution >= 4 is 17.5 Å². The molecule has 0 spiro atoms. The lowest BCUT2D eigenvalue weighted by Crippen LogP contribution is -2.48. The van der Waals surface area contributed by atoms with E-state index in [2.05, 4.69) is 15.0 Å². The zero-order valence-corrected chi connectivity index (χ0v) is 19.2. The zero-order valence-electron chi connectivity index (χ0n) is 18.5. The summed E-state index contributed by atoms with van der Waals surface area (Å²) in [6.45, 7) is 0.237. The van der Waals surface area contributed by atoms with Crippen molar-refractivity contribution in [1.29, 1.82) is 0 Å². The Morgan fingerprint density at radius 1 is 1.23 bits per heavy atom. The first kappa shape index (κ1) is 24.4. The lowest BCUT2D eigenvalue weighted by Gasteiger charge is -2.34. The number of amides is 1. The molecule has 3 heterocycles. The van der Waals surface area contributed by atoms with E-state index >= 15 is 0 Å². The van der Waals surface area contributed by atoms with Crippen LogP contribution in [0.1, 0.15) is 67.4 Å². The molecule has 12 heteroatoms. The zero-order chi connectivity index (χ0) is 24.7. The van der Waals surface area contributed by atoms with Crippen molar-refractivity contribution < 1.29 is 41.7 Å². The fraction of sp³-hybridized carbons (Fsp3) is 0.565. The average molecular weight is 517 g/mol. The van der Waals surface area contributed by atoms with Gasteiger partial charge in [-0.1, -0.05) is 11.6 Å². The van der Waals surface area contributed by atoms with E-state index in [0.29, 0.717) is 40.8 Å². The number of alkyl halides is 3. The van der Waals surface area contributed by atoms with Crippen LogP contribution in [0.5, 0.6) is 5.75 Å². The van der Waals surface area contributed by atoms with Gasteiger partial charge in [0.1, 0.15) is 17.6 Å². The number of aliphatic hydroxyl groups excluding tert-OH is 1. The number of benzene rings is 1. The Morgan fingerprint density at radius 2 is 2.03 bits per heavy atom. The molecule has 1 saturated heterocycles. The highest BCUT2D eigenvalue weighted by Crippen LogP contribution is 2.42. The predicted octanol–water partition coefficient (Wildman–Crippen LogP) is 4.33. The molecule has 5 rings (SSSR count). The summed E-state index contributed by atoms with van der Waals surface area (Å²) < 4.78 is 58.2. The van der Waals surface area contributed by atoms with Crippen LogP contribution >= 0.6 is 11.6 Å². The van der Waals surface area contributed by atoms with Gasteiger partial charge in [-0.2, -0.15) is 0 Å². The van der Waals surface area contributed by atoms with Crippen molar-refractivity contribution in [3.8, 4) is 5.75 Å². The predicted molar refractivity (Wildman–Crippen MR) is 115 cm³/mol. The van der Waals surface area contributed by atoms with Crippen molar-refractivity contribution in [3.05, 3.63) is 46.6 Å². The summed E-state index contributed by atoms with van der Waals surface area (Å²) in [7, 11) is 0. The summed E-state index contributed by atoms with van der Waals surface area (Å²) in [5.74, 6) is 0.826. The van der Waals surface area contributed by atoms with Gasteiger partial charge in [-0.05, 0) is 43.9 Å². The molecule has 2 aliphatic heterocycles. The topological polar surface area (TPSA) is 103 Å². The minimum absolute atomic E-state index is 0.116. The van der Waals surface area contributed by atoms with Gasteiger partial charge >= 0.3 is 6.36 Å². The van der Waals surface area contributed by atoms with Crippen LogP contribution in [-0.4, -0.2) is 47.2 Å². The Balaban J connectivity index is 1.09. The highest BCUT2D eigenvalue weighted by atomic mass is 35.5. The Kier molecular flexibility index (Phi) is 6.69. The Hall–Kier alpha value is -2.34. The quantitative estimate of drug-likeness (QED) is 0.609. The number of aliphatic hydroxyl groups is 1. The molecule has 2 fully saturated rings. The standard InChI is InChI=1S/C23H24ClF3N2O6/c24-12-1-3-17-15(7-12)16(30)8-19(33-17)21(31)29-13-2-4-18(32-10-13)22-28-9-20(34-22)11-5-14(6-11)35-23(25,26)27/h1,3,7,9,11,13-14,16,18-19,30H,2,4-6,8,10H2,(H,29,31)/t11-,13-,14+,16-,18+,19-/m1/s1. The second-order valence-corrected chi connectivity index (χ2v) is 9.54. The van der Waals surface area contributed by atoms with Gasteiger partial charge in [0.25, 0.3) is 5.91 Å². The van der Waals surface area contributed by atoms with E-state index in [1.807, 2.05) is 0 Å². The molecule has 190 valence electrons. The van der Waals surface area contributed by atoms with Crippen LogP contribution in [0.4, 0.5) is 13.2 Å². The second kappa shape index (κ2) is 9.61. The summed E-state index contributed by atoms with van der Waals surface area (Å²) >= 11 is 5.97. The Morgan fingerprint density at radius 3 is 2.74 bits per heavy atom. The molecule has 3 aliphatic rings. The summed E-state index contributed by atoms with van der Waals surface area (Å²) in [6.07, 6.45) is -4.33. The minimum atomic E-state index is -4.63. The van der Waals surface area contributed by atoms with Crippen LogP contribution < -0.4 is 10.1 Å². The number of ether oxygens (including phenoxy) is 3. The largest absolute Gasteiger partial charge is 0.522 e. The first-order chi connectivity index (χ1) is 16.6. The van der Waals surface area contributed by atoms with Gasteiger partial charge in [0.15, 0.2) is 6.10 Å². The number of carbonyl (C=O) groups excluding carboxylic acids is 1. The van der Waals surface area contributed by atoms with E-state index in [9.17, 15) is 23.1 Å². The molecule has 0 bridgehead atoms. The molecule has 0 unspecified atom stereocenters. The van der Waals surface area contributed by atoms with Gasteiger partial charge in [-0.15, -0.1) is 13.2 Å². The van der Waals surface area contributed by atoms with Crippen molar-refractivity contribution in [2.75, 3.05) is 6.61 Å².